The molecule has 1 aliphatic rings. The van der Waals surface area contributed by atoms with Gasteiger partial charge in [-0.05, 0) is 12.5 Å². The smallest absolute Gasteiger partial charge is 0.293 e. The molecular weight excluding hydrogens is 242 g/mol. The van der Waals surface area contributed by atoms with Gasteiger partial charge in [-0.15, -0.1) is 0 Å². The molecule has 0 aromatic rings. The summed E-state index contributed by atoms with van der Waals surface area (Å²) in [5.74, 6) is -1.91. The molecule has 0 saturated heterocycles. The summed E-state index contributed by atoms with van der Waals surface area (Å²) in [7, 11) is 0. The summed E-state index contributed by atoms with van der Waals surface area (Å²) in [6, 6.07) is 0. The van der Waals surface area contributed by atoms with Gasteiger partial charge < -0.3 is 5.11 Å². The lowest BCUT2D eigenvalue weighted by atomic mass is 10.0. The van der Waals surface area contributed by atoms with Crippen molar-refractivity contribution in [3.8, 4) is 0 Å². The van der Waals surface area contributed by atoms with Gasteiger partial charge in [-0.2, -0.15) is 0 Å². The van der Waals surface area contributed by atoms with Gasteiger partial charge in [0.15, 0.2) is 5.76 Å². The second kappa shape index (κ2) is 11.0. The van der Waals surface area contributed by atoms with Gasteiger partial charge in [-0.1, -0.05) is 58.6 Å². The van der Waals surface area contributed by atoms with Crippen LogP contribution in [0.3, 0.4) is 0 Å². The highest BCUT2D eigenvalue weighted by molar-refractivity contribution is 6.20. The summed E-state index contributed by atoms with van der Waals surface area (Å²) >= 11 is 0. The summed E-state index contributed by atoms with van der Waals surface area (Å²) in [5, 5.41) is 11.4. The molecule has 106 valence electrons. The van der Waals surface area contributed by atoms with E-state index in [1.807, 2.05) is 33.0 Å². The van der Waals surface area contributed by atoms with Crippen molar-refractivity contribution in [3.63, 3.8) is 0 Å². The fourth-order valence-corrected chi connectivity index (χ4v) is 1.24. The minimum absolute atomic E-state index is 0.0157. The Balaban J connectivity index is 0. The predicted molar refractivity (Wildman–Crippen MR) is 78.6 cm³/mol. The van der Waals surface area contributed by atoms with Crippen LogP contribution in [0.4, 0.5) is 0 Å². The van der Waals surface area contributed by atoms with Gasteiger partial charge in [-0.3, -0.25) is 14.9 Å². The van der Waals surface area contributed by atoms with Gasteiger partial charge in [0.05, 0.1) is 5.57 Å². The van der Waals surface area contributed by atoms with Crippen LogP contribution in [0.2, 0.25) is 0 Å². The second-order valence-corrected chi connectivity index (χ2v) is 2.86. The lowest BCUT2D eigenvalue weighted by molar-refractivity contribution is -0.125. The van der Waals surface area contributed by atoms with E-state index >= 15 is 0 Å². The van der Waals surface area contributed by atoms with Crippen LogP contribution in [-0.4, -0.2) is 16.9 Å². The molecule has 2 amide bonds. The number of nitrogens with one attached hydrogen (secondary N) is 1. The molecule has 0 aromatic carbocycles. The Morgan fingerprint density at radius 1 is 1.16 bits per heavy atom. The van der Waals surface area contributed by atoms with Crippen LogP contribution < -0.4 is 5.32 Å². The van der Waals surface area contributed by atoms with Crippen molar-refractivity contribution in [2.24, 2.45) is 0 Å². The van der Waals surface area contributed by atoms with E-state index in [4.69, 9.17) is 0 Å². The van der Waals surface area contributed by atoms with Crippen LogP contribution in [0.5, 0.6) is 0 Å². The van der Waals surface area contributed by atoms with Crippen molar-refractivity contribution in [3.05, 3.63) is 47.8 Å². The van der Waals surface area contributed by atoms with E-state index in [1.165, 1.54) is 6.08 Å². The first-order valence-corrected chi connectivity index (χ1v) is 6.36. The van der Waals surface area contributed by atoms with Crippen molar-refractivity contribution in [1.82, 2.24) is 5.32 Å². The number of aliphatic hydroxyl groups is 1. The van der Waals surface area contributed by atoms with Crippen LogP contribution in [-0.2, 0) is 9.59 Å². The fraction of sp³-hybridized carbons (Fsp3) is 0.333. The first-order valence-electron chi connectivity index (χ1n) is 6.36. The lowest BCUT2D eigenvalue weighted by Gasteiger charge is -1.99. The van der Waals surface area contributed by atoms with Crippen molar-refractivity contribution in [2.75, 3.05) is 0 Å². The van der Waals surface area contributed by atoms with Crippen LogP contribution in [0, 0.1) is 0 Å². The van der Waals surface area contributed by atoms with Crippen LogP contribution in [0.1, 0.15) is 34.6 Å². The minimum atomic E-state index is -0.769. The van der Waals surface area contributed by atoms with Crippen LogP contribution in [0.15, 0.2) is 47.8 Å². The largest absolute Gasteiger partial charge is 0.502 e. The minimum Gasteiger partial charge on any atom is -0.502 e. The predicted octanol–water partition coefficient (Wildman–Crippen LogP) is 3.20. The molecule has 2 N–H and O–H groups in total. The van der Waals surface area contributed by atoms with Gasteiger partial charge in [0.25, 0.3) is 11.8 Å². The number of imide groups is 1. The molecule has 0 radical (unpaired) electrons. The Morgan fingerprint density at radius 2 is 1.68 bits per heavy atom. The number of hydrogen-bond acceptors (Lipinski definition) is 3. The van der Waals surface area contributed by atoms with Gasteiger partial charge in [0, 0.05) is 0 Å². The number of rotatable bonds is 3. The number of aliphatic hydroxyl groups excluding tert-OH is 1. The number of carbonyl (C=O) groups excluding carboxylic acids is 2. The van der Waals surface area contributed by atoms with Gasteiger partial charge in [-0.25, -0.2) is 0 Å². The molecule has 1 rings (SSSR count). The van der Waals surface area contributed by atoms with E-state index in [-0.39, 0.29) is 5.57 Å². The van der Waals surface area contributed by atoms with E-state index < -0.39 is 17.6 Å². The summed E-state index contributed by atoms with van der Waals surface area (Å²) in [6.45, 7) is 13.3. The van der Waals surface area contributed by atoms with E-state index in [2.05, 4.69) is 6.58 Å². The summed E-state index contributed by atoms with van der Waals surface area (Å²) < 4.78 is 0. The Bertz CT molecular complexity index is 415. The highest BCUT2D eigenvalue weighted by Gasteiger charge is 2.31. The van der Waals surface area contributed by atoms with Crippen LogP contribution >= 0.6 is 0 Å². The Kier molecular flexibility index (Phi) is 11.2. The molecule has 0 bridgehead atoms. The third-order valence-electron chi connectivity index (χ3n) is 1.84. The second-order valence-electron chi connectivity index (χ2n) is 2.86. The molecule has 1 aliphatic heterocycles. The molecule has 4 nitrogen and oxygen atoms in total. The zero-order valence-electron chi connectivity index (χ0n) is 12.3. The molecular formula is C15H23NO3. The third kappa shape index (κ3) is 5.38. The topological polar surface area (TPSA) is 66.4 Å². The highest BCUT2D eigenvalue weighted by Crippen LogP contribution is 2.20. The van der Waals surface area contributed by atoms with E-state index in [9.17, 15) is 14.7 Å². The molecule has 4 heteroatoms. The van der Waals surface area contributed by atoms with Gasteiger partial charge in [0.2, 0.25) is 0 Å². The zero-order chi connectivity index (χ0) is 15.4. The van der Waals surface area contributed by atoms with Crippen molar-refractivity contribution >= 4 is 11.8 Å². The molecule has 0 fully saturated rings. The molecule has 0 atom stereocenters. The summed E-state index contributed by atoms with van der Waals surface area (Å²) in [4.78, 5) is 22.3. The standard InChI is InChI=1S/C11H11NO3.2C2H6/c1-3-5-7(6-4-2)8-9(13)11(15)12-10(8)14;2*1-2/h3-6H,1H2,2H3,(H2,12,13,14,15);2*1-2H3/b6-4-,7-5+;;. The molecule has 0 spiro atoms. The number of allylic oxidation sites excluding steroid dienone is 4. The third-order valence-corrected chi connectivity index (χ3v) is 1.84. The lowest BCUT2D eigenvalue weighted by Crippen LogP contribution is -2.23. The first kappa shape index (κ1) is 19.2. The number of carbonyl (C=O) groups is 2. The number of hydrogen-bond donors (Lipinski definition) is 2. The molecule has 0 unspecified atom stereocenters. The van der Waals surface area contributed by atoms with Gasteiger partial charge in [0.1, 0.15) is 0 Å². The van der Waals surface area contributed by atoms with E-state index in [0.717, 1.165) is 0 Å². The molecule has 1 heterocycles. The first-order chi connectivity index (χ1) is 9.11. The molecule has 0 saturated carbocycles. The van der Waals surface area contributed by atoms with E-state index in [0.29, 0.717) is 5.57 Å². The summed E-state index contributed by atoms with van der Waals surface area (Å²) in [5.41, 5.74) is 0.436. The monoisotopic (exact) mass is 265 g/mol. The summed E-state index contributed by atoms with van der Waals surface area (Å²) in [6.07, 6.45) is 6.34. The maximum absolute atomic E-state index is 11.3. The SMILES string of the molecule is C=C/C=C(\C=C/C)C1=C(O)C(=O)NC1=O.CC.CC. The molecule has 0 aromatic heterocycles. The average molecular weight is 265 g/mol. The highest BCUT2D eigenvalue weighted by atomic mass is 16.3. The van der Waals surface area contributed by atoms with Crippen molar-refractivity contribution < 1.29 is 14.7 Å². The number of amides is 2. The zero-order valence-corrected chi connectivity index (χ0v) is 12.3. The van der Waals surface area contributed by atoms with Crippen molar-refractivity contribution in [1.29, 1.82) is 0 Å². The normalized spacial score (nSPS) is 14.5. The van der Waals surface area contributed by atoms with Gasteiger partial charge >= 0.3 is 0 Å². The molecule has 19 heavy (non-hydrogen) atoms. The van der Waals surface area contributed by atoms with Crippen molar-refractivity contribution in [2.45, 2.75) is 34.6 Å². The molecule has 0 aliphatic carbocycles. The maximum atomic E-state index is 11.3. The Morgan fingerprint density at radius 3 is 2.00 bits per heavy atom. The Hall–Kier alpha value is -2.10. The van der Waals surface area contributed by atoms with Crippen LogP contribution in [0.25, 0.3) is 0 Å². The van der Waals surface area contributed by atoms with E-state index in [1.54, 1.807) is 25.2 Å². The Labute approximate surface area is 115 Å². The maximum Gasteiger partial charge on any atom is 0.293 e. The quantitative estimate of drug-likeness (QED) is 0.608. The fourth-order valence-electron chi connectivity index (χ4n) is 1.24. The average Bonchev–Trinajstić information content (AvgIpc) is 2.68.